The molecule has 0 spiro atoms. The Balaban J connectivity index is 1.26. The molecule has 160 valence electrons. The van der Waals surface area contributed by atoms with Gasteiger partial charge >= 0.3 is 0 Å². The highest BCUT2D eigenvalue weighted by Gasteiger charge is 2.27. The van der Waals surface area contributed by atoms with E-state index >= 15 is 0 Å². The molecule has 2 N–H and O–H groups in total. The second-order valence-electron chi connectivity index (χ2n) is 8.23. The van der Waals surface area contributed by atoms with Crippen molar-refractivity contribution in [2.24, 2.45) is 0 Å². The van der Waals surface area contributed by atoms with E-state index in [2.05, 4.69) is 30.6 Å². The molecule has 2 aliphatic rings. The van der Waals surface area contributed by atoms with E-state index in [1.165, 1.54) is 0 Å². The number of anilines is 1. The maximum Gasteiger partial charge on any atom is 0.262 e. The van der Waals surface area contributed by atoms with Crippen LogP contribution in [0, 0.1) is 0 Å². The summed E-state index contributed by atoms with van der Waals surface area (Å²) in [6.45, 7) is 0. The third kappa shape index (κ3) is 3.49. The van der Waals surface area contributed by atoms with Crippen molar-refractivity contribution >= 4 is 11.7 Å². The van der Waals surface area contributed by atoms with E-state index in [9.17, 15) is 9.59 Å². The standard InChI is InChI=1S/C22H20N8O2/c31-21-17(8-13(9-23-21)14-10-25-30(11-14)16-6-7-16)22(32)27-19-3-1-2-18(26-19)20-28-24-12-29(20)15-4-5-15/h1-3,8-12,15-16H,4-7H2,(H,23,31)(H,26,27,32). The van der Waals surface area contributed by atoms with Crippen molar-refractivity contribution in [2.75, 3.05) is 5.32 Å². The fourth-order valence-corrected chi connectivity index (χ4v) is 3.70. The maximum absolute atomic E-state index is 12.9. The number of amides is 1. The highest BCUT2D eigenvalue weighted by molar-refractivity contribution is 6.04. The molecule has 0 radical (unpaired) electrons. The number of carbonyl (C=O) groups excluding carboxylic acids is 1. The van der Waals surface area contributed by atoms with Gasteiger partial charge in [0.25, 0.3) is 11.5 Å². The number of nitrogens with one attached hydrogen (secondary N) is 2. The van der Waals surface area contributed by atoms with E-state index in [0.29, 0.717) is 29.4 Å². The van der Waals surface area contributed by atoms with Crippen molar-refractivity contribution in [3.8, 4) is 22.6 Å². The van der Waals surface area contributed by atoms with E-state index < -0.39 is 11.5 Å². The van der Waals surface area contributed by atoms with Crippen LogP contribution in [0.4, 0.5) is 5.82 Å². The van der Waals surface area contributed by atoms with E-state index in [1.54, 1.807) is 36.9 Å². The fraction of sp³-hybridized carbons (Fsp3) is 0.273. The molecule has 6 rings (SSSR count). The monoisotopic (exact) mass is 428 g/mol. The summed E-state index contributed by atoms with van der Waals surface area (Å²) in [5.41, 5.74) is 1.73. The minimum Gasteiger partial charge on any atom is -0.328 e. The summed E-state index contributed by atoms with van der Waals surface area (Å²) in [7, 11) is 0. The second kappa shape index (κ2) is 7.26. The summed E-state index contributed by atoms with van der Waals surface area (Å²) >= 11 is 0. The van der Waals surface area contributed by atoms with E-state index in [1.807, 2.05) is 21.5 Å². The molecule has 0 aromatic carbocycles. The molecule has 0 unspecified atom stereocenters. The summed E-state index contributed by atoms with van der Waals surface area (Å²) in [6, 6.07) is 7.73. The molecular weight excluding hydrogens is 408 g/mol. The fourth-order valence-electron chi connectivity index (χ4n) is 3.70. The average molecular weight is 428 g/mol. The van der Waals surface area contributed by atoms with Crippen molar-refractivity contribution < 1.29 is 4.79 Å². The lowest BCUT2D eigenvalue weighted by molar-refractivity contribution is 0.102. The molecule has 10 nitrogen and oxygen atoms in total. The lowest BCUT2D eigenvalue weighted by Gasteiger charge is -2.08. The van der Waals surface area contributed by atoms with Gasteiger partial charge in [0.2, 0.25) is 0 Å². The van der Waals surface area contributed by atoms with Gasteiger partial charge in [0.1, 0.15) is 23.4 Å². The van der Waals surface area contributed by atoms with E-state index in [4.69, 9.17) is 0 Å². The van der Waals surface area contributed by atoms with Gasteiger partial charge in [-0.05, 0) is 43.9 Å². The van der Waals surface area contributed by atoms with Gasteiger partial charge in [0.05, 0.1) is 12.2 Å². The van der Waals surface area contributed by atoms with E-state index in [0.717, 1.165) is 36.8 Å². The Morgan fingerprint density at radius 2 is 1.97 bits per heavy atom. The van der Waals surface area contributed by atoms with Crippen molar-refractivity contribution in [3.05, 3.63) is 65.1 Å². The Labute approximate surface area is 182 Å². The predicted molar refractivity (Wildman–Crippen MR) is 116 cm³/mol. The Hall–Kier alpha value is -4.08. The van der Waals surface area contributed by atoms with Crippen molar-refractivity contribution in [2.45, 2.75) is 37.8 Å². The predicted octanol–water partition coefficient (Wildman–Crippen LogP) is 2.81. The van der Waals surface area contributed by atoms with Gasteiger partial charge in [-0.2, -0.15) is 5.10 Å². The largest absolute Gasteiger partial charge is 0.328 e. The number of pyridine rings is 2. The number of nitrogens with zero attached hydrogens (tertiary/aromatic N) is 6. The number of hydrogen-bond acceptors (Lipinski definition) is 6. The lowest BCUT2D eigenvalue weighted by Crippen LogP contribution is -2.23. The zero-order valence-electron chi connectivity index (χ0n) is 17.1. The van der Waals surface area contributed by atoms with Gasteiger partial charge < -0.3 is 14.9 Å². The number of hydrogen-bond donors (Lipinski definition) is 2. The Kier molecular flexibility index (Phi) is 4.23. The molecule has 10 heteroatoms. The van der Waals surface area contributed by atoms with Crippen LogP contribution in [-0.4, -0.2) is 40.4 Å². The van der Waals surface area contributed by atoms with Crippen LogP contribution in [0.15, 0.2) is 54.0 Å². The molecule has 2 fully saturated rings. The molecule has 0 bridgehead atoms. The smallest absolute Gasteiger partial charge is 0.262 e. The lowest BCUT2D eigenvalue weighted by atomic mass is 10.1. The van der Waals surface area contributed by atoms with Crippen LogP contribution < -0.4 is 10.9 Å². The number of carbonyl (C=O) groups is 1. The molecule has 4 heterocycles. The minimum atomic E-state index is -0.531. The van der Waals surface area contributed by atoms with Crippen LogP contribution in [0.2, 0.25) is 0 Å². The highest BCUT2D eigenvalue weighted by Crippen LogP contribution is 2.37. The highest BCUT2D eigenvalue weighted by atomic mass is 16.2. The molecule has 2 aliphatic carbocycles. The molecule has 2 saturated carbocycles. The number of aromatic amines is 1. The molecule has 32 heavy (non-hydrogen) atoms. The normalized spacial score (nSPS) is 15.6. The molecule has 0 atom stereocenters. The molecule has 0 aliphatic heterocycles. The van der Waals surface area contributed by atoms with Crippen LogP contribution in [0.5, 0.6) is 0 Å². The average Bonchev–Trinajstić information content (AvgIpc) is 3.74. The van der Waals surface area contributed by atoms with Crippen LogP contribution in [0.25, 0.3) is 22.6 Å². The number of H-pyrrole nitrogens is 1. The van der Waals surface area contributed by atoms with Gasteiger partial charge in [-0.25, -0.2) is 4.98 Å². The summed E-state index contributed by atoms with van der Waals surface area (Å²) < 4.78 is 3.93. The Bertz CT molecular complexity index is 1380. The summed E-state index contributed by atoms with van der Waals surface area (Å²) in [4.78, 5) is 32.4. The van der Waals surface area contributed by atoms with E-state index in [-0.39, 0.29) is 5.56 Å². The molecular formula is C22H20N8O2. The topological polar surface area (TPSA) is 123 Å². The van der Waals surface area contributed by atoms with Crippen molar-refractivity contribution in [1.82, 2.24) is 34.5 Å². The molecule has 4 aromatic rings. The van der Waals surface area contributed by atoms with Gasteiger partial charge in [-0.15, -0.1) is 10.2 Å². The number of aromatic nitrogens is 7. The zero-order valence-corrected chi connectivity index (χ0v) is 17.1. The van der Waals surface area contributed by atoms with Crippen molar-refractivity contribution in [3.63, 3.8) is 0 Å². The number of rotatable bonds is 6. The first-order valence-corrected chi connectivity index (χ1v) is 10.6. The third-order valence-electron chi connectivity index (χ3n) is 5.74. The van der Waals surface area contributed by atoms with Gasteiger partial charge in [-0.3, -0.25) is 14.3 Å². The first-order chi connectivity index (χ1) is 15.7. The Morgan fingerprint density at radius 1 is 1.12 bits per heavy atom. The quantitative estimate of drug-likeness (QED) is 0.487. The van der Waals surface area contributed by atoms with Crippen LogP contribution >= 0.6 is 0 Å². The molecule has 4 aromatic heterocycles. The minimum absolute atomic E-state index is 0.00928. The van der Waals surface area contributed by atoms with Gasteiger partial charge in [0.15, 0.2) is 5.82 Å². The zero-order chi connectivity index (χ0) is 21.7. The summed E-state index contributed by atoms with van der Waals surface area (Å²) in [5.74, 6) is 0.469. The molecule has 1 amide bonds. The second-order valence-corrected chi connectivity index (χ2v) is 8.23. The first kappa shape index (κ1) is 18.7. The van der Waals surface area contributed by atoms with Gasteiger partial charge in [-0.1, -0.05) is 6.07 Å². The maximum atomic E-state index is 12.9. The summed E-state index contributed by atoms with van der Waals surface area (Å²) in [5, 5.41) is 15.3. The molecule has 0 saturated heterocycles. The van der Waals surface area contributed by atoms with Crippen molar-refractivity contribution in [1.29, 1.82) is 0 Å². The van der Waals surface area contributed by atoms with Crippen LogP contribution in [-0.2, 0) is 0 Å². The van der Waals surface area contributed by atoms with Gasteiger partial charge in [0, 0.05) is 29.6 Å². The first-order valence-electron chi connectivity index (χ1n) is 10.6. The van der Waals surface area contributed by atoms with Crippen LogP contribution in [0.1, 0.15) is 48.1 Å². The summed E-state index contributed by atoms with van der Waals surface area (Å²) in [6.07, 6.45) is 11.4. The van der Waals surface area contributed by atoms with Crippen LogP contribution in [0.3, 0.4) is 0 Å². The Morgan fingerprint density at radius 3 is 2.78 bits per heavy atom. The third-order valence-corrected chi connectivity index (χ3v) is 5.74. The SMILES string of the molecule is O=C(Nc1cccc(-c2nncn2C2CC2)n1)c1cc(-c2cnn(C3CC3)c2)c[nH]c1=O.